The predicted molar refractivity (Wildman–Crippen MR) is 128 cm³/mol. The first-order chi connectivity index (χ1) is 16.2. The van der Waals surface area contributed by atoms with Crippen molar-refractivity contribution in [3.63, 3.8) is 0 Å². The maximum atomic E-state index is 12.7. The van der Waals surface area contributed by atoms with E-state index in [1.165, 1.54) is 35.2 Å². The number of rotatable bonds is 8. The molecule has 9 nitrogen and oxygen atoms in total. The van der Waals surface area contributed by atoms with Gasteiger partial charge in [-0.1, -0.05) is 36.1 Å². The van der Waals surface area contributed by atoms with Crippen molar-refractivity contribution in [2.75, 3.05) is 19.8 Å². The van der Waals surface area contributed by atoms with Crippen LogP contribution in [0.2, 0.25) is 0 Å². The predicted octanol–water partition coefficient (Wildman–Crippen LogP) is 3.29. The van der Waals surface area contributed by atoms with E-state index in [2.05, 4.69) is 0 Å². The lowest BCUT2D eigenvalue weighted by molar-refractivity contribution is -0.137. The van der Waals surface area contributed by atoms with Crippen LogP contribution in [-0.4, -0.2) is 54.4 Å². The minimum atomic E-state index is -4.10. The van der Waals surface area contributed by atoms with Crippen LogP contribution in [0, 0.1) is 0 Å². The summed E-state index contributed by atoms with van der Waals surface area (Å²) < 4.78 is 41.7. The van der Waals surface area contributed by atoms with Crippen LogP contribution in [0.3, 0.4) is 0 Å². The van der Waals surface area contributed by atoms with Gasteiger partial charge < -0.3 is 18.8 Å². The molecule has 2 heterocycles. The minimum absolute atomic E-state index is 0.0489. The van der Waals surface area contributed by atoms with E-state index >= 15 is 0 Å². The van der Waals surface area contributed by atoms with Gasteiger partial charge in [0, 0.05) is 19.0 Å². The molecule has 1 fully saturated rings. The molecule has 0 aliphatic carbocycles. The summed E-state index contributed by atoms with van der Waals surface area (Å²) in [5.41, 5.74) is 0.648. The fourth-order valence-electron chi connectivity index (χ4n) is 3.21. The van der Waals surface area contributed by atoms with E-state index in [9.17, 15) is 18.0 Å². The Hall–Kier alpha value is -3.09. The zero-order valence-corrected chi connectivity index (χ0v) is 20.1. The van der Waals surface area contributed by atoms with Crippen molar-refractivity contribution in [1.82, 2.24) is 4.90 Å². The van der Waals surface area contributed by atoms with E-state index in [1.807, 2.05) is 0 Å². The van der Waals surface area contributed by atoms with Crippen LogP contribution in [0.1, 0.15) is 18.4 Å². The molecule has 2 aromatic rings. The lowest BCUT2D eigenvalue weighted by atomic mass is 10.2. The third kappa shape index (κ3) is 5.51. The molecule has 0 aromatic heterocycles. The highest BCUT2D eigenvalue weighted by Gasteiger charge is 2.31. The number of nitrogens with zero attached hydrogens (tertiary/aromatic N) is 1. The van der Waals surface area contributed by atoms with Crippen molar-refractivity contribution in [2.45, 2.75) is 17.7 Å². The van der Waals surface area contributed by atoms with E-state index in [0.29, 0.717) is 45.9 Å². The molecule has 0 radical (unpaired) electrons. The number of fused-ring (bicyclic) bond motifs is 1. The first kappa shape index (κ1) is 24.0. The maximum absolute atomic E-state index is 12.7. The second-order valence-electron chi connectivity index (χ2n) is 7.24. The number of ether oxygens (including phenoxy) is 2. The molecule has 0 unspecified atom stereocenters. The Morgan fingerprint density at radius 1 is 1.15 bits per heavy atom. The van der Waals surface area contributed by atoms with Gasteiger partial charge in [-0.05, 0) is 42.3 Å². The highest BCUT2D eigenvalue weighted by atomic mass is 32.2. The van der Waals surface area contributed by atoms with Crippen LogP contribution in [0.5, 0.6) is 17.2 Å². The average molecular weight is 522 g/mol. The number of amides is 1. The van der Waals surface area contributed by atoms with Gasteiger partial charge in [0.05, 0.1) is 4.91 Å². The zero-order valence-electron chi connectivity index (χ0n) is 17.6. The van der Waals surface area contributed by atoms with Gasteiger partial charge >= 0.3 is 16.1 Å². The molecule has 1 N–H and O–H groups in total. The number of thiocarbonyl (C=S) groups is 1. The Morgan fingerprint density at radius 3 is 2.56 bits per heavy atom. The van der Waals surface area contributed by atoms with Crippen molar-refractivity contribution in [2.24, 2.45) is 0 Å². The summed E-state index contributed by atoms with van der Waals surface area (Å²) in [6.07, 6.45) is 1.89. The number of benzene rings is 2. The molecule has 2 aromatic carbocycles. The van der Waals surface area contributed by atoms with Crippen LogP contribution in [-0.2, 0) is 19.7 Å². The highest BCUT2D eigenvalue weighted by molar-refractivity contribution is 8.26. The summed E-state index contributed by atoms with van der Waals surface area (Å²) in [6.45, 7) is 0.968. The van der Waals surface area contributed by atoms with Gasteiger partial charge in [0.25, 0.3) is 5.91 Å². The van der Waals surface area contributed by atoms with Crippen molar-refractivity contribution in [1.29, 1.82) is 0 Å². The van der Waals surface area contributed by atoms with Gasteiger partial charge in [0.15, 0.2) is 11.5 Å². The largest absolute Gasteiger partial charge is 0.486 e. The second kappa shape index (κ2) is 10.0. The van der Waals surface area contributed by atoms with Crippen LogP contribution in [0.15, 0.2) is 52.3 Å². The molecular weight excluding hydrogens is 502 g/mol. The maximum Gasteiger partial charge on any atom is 0.339 e. The Labute approximate surface area is 205 Å². The normalized spacial score (nSPS) is 16.7. The van der Waals surface area contributed by atoms with E-state index in [0.717, 1.165) is 11.8 Å². The molecule has 1 saturated heterocycles. The first-order valence-corrected chi connectivity index (χ1v) is 12.8. The smallest absolute Gasteiger partial charge is 0.339 e. The Morgan fingerprint density at radius 2 is 1.85 bits per heavy atom. The van der Waals surface area contributed by atoms with E-state index in [-0.39, 0.29) is 29.5 Å². The quantitative estimate of drug-likeness (QED) is 0.315. The van der Waals surface area contributed by atoms with Gasteiger partial charge in [0.1, 0.15) is 28.2 Å². The van der Waals surface area contributed by atoms with E-state index in [1.54, 1.807) is 18.2 Å². The SMILES string of the molecule is O=C(O)CCCN1C(=O)/C(=C/c2ccc(OS(=O)(=O)c3ccc4c(c3)OCCO4)cc2)SC1=S. The molecule has 1 amide bonds. The number of hydrogen-bond donors (Lipinski definition) is 1. The summed E-state index contributed by atoms with van der Waals surface area (Å²) in [7, 11) is -4.10. The first-order valence-electron chi connectivity index (χ1n) is 10.1. The molecule has 0 spiro atoms. The third-order valence-corrected chi connectivity index (χ3v) is 7.45. The van der Waals surface area contributed by atoms with Gasteiger partial charge in [-0.15, -0.1) is 0 Å². The fourth-order valence-corrected chi connectivity index (χ4v) is 5.46. The second-order valence-corrected chi connectivity index (χ2v) is 10.5. The Bertz CT molecular complexity index is 1270. The number of thioether (sulfide) groups is 1. The molecule has 2 aliphatic rings. The molecule has 0 atom stereocenters. The van der Waals surface area contributed by atoms with Gasteiger partial charge in [-0.25, -0.2) is 0 Å². The summed E-state index contributed by atoms with van der Waals surface area (Å²) in [5.74, 6) is -0.303. The van der Waals surface area contributed by atoms with E-state index < -0.39 is 16.1 Å². The summed E-state index contributed by atoms with van der Waals surface area (Å²) in [4.78, 5) is 25.0. The van der Waals surface area contributed by atoms with Crippen LogP contribution < -0.4 is 13.7 Å². The van der Waals surface area contributed by atoms with E-state index in [4.69, 9.17) is 31.0 Å². The summed E-state index contributed by atoms with van der Waals surface area (Å²) in [6, 6.07) is 10.5. The number of carbonyl (C=O) groups is 2. The van der Waals surface area contributed by atoms with Crippen molar-refractivity contribution >= 4 is 56.4 Å². The zero-order chi connectivity index (χ0) is 24.3. The molecule has 4 rings (SSSR count). The van der Waals surface area contributed by atoms with Crippen LogP contribution in [0.4, 0.5) is 0 Å². The molecule has 34 heavy (non-hydrogen) atoms. The Balaban J connectivity index is 1.43. The molecular formula is C22H19NO8S3. The number of carboxylic acids is 1. The van der Waals surface area contributed by atoms with Gasteiger partial charge in [0.2, 0.25) is 0 Å². The number of carbonyl (C=O) groups excluding carboxylic acids is 1. The van der Waals surface area contributed by atoms with Gasteiger partial charge in [-0.2, -0.15) is 8.42 Å². The summed E-state index contributed by atoms with van der Waals surface area (Å²) >= 11 is 6.36. The number of carboxylic acid groups (broad SMARTS) is 1. The van der Waals surface area contributed by atoms with Crippen LogP contribution >= 0.6 is 24.0 Å². The molecule has 0 saturated carbocycles. The van der Waals surface area contributed by atoms with Crippen molar-refractivity contribution < 1.29 is 36.8 Å². The topological polar surface area (TPSA) is 119 Å². The lowest BCUT2D eigenvalue weighted by Gasteiger charge is -2.18. The van der Waals surface area contributed by atoms with Gasteiger partial charge in [-0.3, -0.25) is 14.5 Å². The average Bonchev–Trinajstić information content (AvgIpc) is 3.07. The third-order valence-electron chi connectivity index (χ3n) is 4.83. The molecule has 178 valence electrons. The standard InChI is InChI=1S/C22H19NO8S3/c24-20(25)2-1-9-23-21(26)19(33-22(23)32)12-14-3-5-15(6-4-14)31-34(27,28)16-7-8-17-18(13-16)30-11-10-29-17/h3-8,12-13H,1-2,9-11H2,(H,24,25)/b19-12-. The Kier molecular flexibility index (Phi) is 7.10. The number of aliphatic carboxylic acids is 1. The number of hydrogen-bond acceptors (Lipinski definition) is 9. The molecule has 12 heteroatoms. The molecule has 0 bridgehead atoms. The minimum Gasteiger partial charge on any atom is -0.486 e. The summed E-state index contributed by atoms with van der Waals surface area (Å²) in [5, 5.41) is 8.76. The monoisotopic (exact) mass is 521 g/mol. The lowest BCUT2D eigenvalue weighted by Crippen LogP contribution is -2.29. The fraction of sp³-hybridized carbons (Fsp3) is 0.227. The highest BCUT2D eigenvalue weighted by Crippen LogP contribution is 2.34. The van der Waals surface area contributed by atoms with Crippen molar-refractivity contribution in [3.8, 4) is 17.2 Å². The van der Waals surface area contributed by atoms with Crippen molar-refractivity contribution in [3.05, 3.63) is 52.9 Å². The van der Waals surface area contributed by atoms with Crippen LogP contribution in [0.25, 0.3) is 6.08 Å². The molecule has 2 aliphatic heterocycles.